The van der Waals surface area contributed by atoms with E-state index in [0.717, 1.165) is 32.7 Å². The predicted octanol–water partition coefficient (Wildman–Crippen LogP) is 1.13. The molecule has 3 heteroatoms. The van der Waals surface area contributed by atoms with Gasteiger partial charge in [0.25, 0.3) is 0 Å². The molecule has 0 bridgehead atoms. The Balaban J connectivity index is 2.02. The van der Waals surface area contributed by atoms with E-state index in [1.165, 1.54) is 11.3 Å². The van der Waals surface area contributed by atoms with Gasteiger partial charge in [0.1, 0.15) is 0 Å². The monoisotopic (exact) mass is 205 g/mol. The zero-order valence-electron chi connectivity index (χ0n) is 9.29. The largest absolute Gasteiger partial charge is 0.388 e. The summed E-state index contributed by atoms with van der Waals surface area (Å²) in [6.07, 6.45) is 0. The fourth-order valence-corrected chi connectivity index (χ4v) is 2.01. The van der Waals surface area contributed by atoms with Crippen LogP contribution in [0, 0.1) is 0 Å². The lowest BCUT2D eigenvalue weighted by atomic mass is 10.1. The molecule has 82 valence electrons. The summed E-state index contributed by atoms with van der Waals surface area (Å²) in [5.74, 6) is 0. The minimum atomic E-state index is 1.05. The highest BCUT2D eigenvalue weighted by atomic mass is 15.2. The molecule has 0 saturated carbocycles. The van der Waals surface area contributed by atoms with E-state index in [0.29, 0.717) is 0 Å². The molecule has 1 fully saturated rings. The lowest BCUT2D eigenvalue weighted by Crippen LogP contribution is -2.42. The zero-order valence-corrected chi connectivity index (χ0v) is 9.29. The van der Waals surface area contributed by atoms with Gasteiger partial charge in [0, 0.05) is 45.5 Å². The van der Waals surface area contributed by atoms with E-state index in [1.54, 1.807) is 0 Å². The van der Waals surface area contributed by atoms with Crippen LogP contribution in [0.3, 0.4) is 0 Å². The van der Waals surface area contributed by atoms with Crippen LogP contribution in [-0.2, 0) is 6.54 Å². The summed E-state index contributed by atoms with van der Waals surface area (Å²) in [4.78, 5) is 2.49. The molecule has 0 radical (unpaired) electrons. The molecule has 3 nitrogen and oxygen atoms in total. The van der Waals surface area contributed by atoms with Crippen LogP contribution in [0.2, 0.25) is 0 Å². The predicted molar refractivity (Wildman–Crippen MR) is 64.1 cm³/mol. The summed E-state index contributed by atoms with van der Waals surface area (Å²) in [6.45, 7) is 5.58. The third-order valence-electron chi connectivity index (χ3n) is 2.89. The number of nitrogens with zero attached hydrogens (tertiary/aromatic N) is 1. The third-order valence-corrected chi connectivity index (χ3v) is 2.89. The number of rotatable bonds is 3. The van der Waals surface area contributed by atoms with Crippen molar-refractivity contribution in [2.45, 2.75) is 6.54 Å². The lowest BCUT2D eigenvalue weighted by molar-refractivity contribution is 0.233. The lowest BCUT2D eigenvalue weighted by Gasteiger charge is -2.27. The Labute approximate surface area is 91.5 Å². The average Bonchev–Trinajstić information content (AvgIpc) is 2.31. The zero-order chi connectivity index (χ0) is 10.5. The van der Waals surface area contributed by atoms with Gasteiger partial charge in [-0.1, -0.05) is 18.2 Å². The molecule has 0 unspecified atom stereocenters. The second kappa shape index (κ2) is 5.14. The van der Waals surface area contributed by atoms with Gasteiger partial charge in [0.2, 0.25) is 0 Å². The van der Waals surface area contributed by atoms with Crippen molar-refractivity contribution in [1.82, 2.24) is 10.2 Å². The maximum atomic E-state index is 3.37. The van der Waals surface area contributed by atoms with Gasteiger partial charge in [0.15, 0.2) is 0 Å². The van der Waals surface area contributed by atoms with E-state index in [4.69, 9.17) is 0 Å². The Hall–Kier alpha value is -1.06. The van der Waals surface area contributed by atoms with Crippen molar-refractivity contribution in [3.05, 3.63) is 29.8 Å². The molecule has 0 atom stereocenters. The molecule has 2 N–H and O–H groups in total. The highest BCUT2D eigenvalue weighted by Gasteiger charge is 2.11. The Kier molecular flexibility index (Phi) is 3.59. The van der Waals surface area contributed by atoms with Gasteiger partial charge in [-0.25, -0.2) is 0 Å². The number of para-hydroxylation sites is 1. The molecule has 15 heavy (non-hydrogen) atoms. The van der Waals surface area contributed by atoms with Crippen LogP contribution >= 0.6 is 0 Å². The average molecular weight is 205 g/mol. The molecular formula is C12H19N3. The van der Waals surface area contributed by atoms with Crippen molar-refractivity contribution in [3.63, 3.8) is 0 Å². The van der Waals surface area contributed by atoms with Crippen molar-refractivity contribution in [1.29, 1.82) is 0 Å². The summed E-state index contributed by atoms with van der Waals surface area (Å²) in [7, 11) is 1.98. The molecule has 1 aliphatic heterocycles. The quantitative estimate of drug-likeness (QED) is 0.774. The van der Waals surface area contributed by atoms with E-state index < -0.39 is 0 Å². The number of piperazine rings is 1. The molecule has 1 heterocycles. The van der Waals surface area contributed by atoms with Crippen LogP contribution in [0.25, 0.3) is 0 Å². The first-order valence-corrected chi connectivity index (χ1v) is 5.59. The molecule has 1 aromatic rings. The van der Waals surface area contributed by atoms with Crippen molar-refractivity contribution < 1.29 is 0 Å². The van der Waals surface area contributed by atoms with E-state index in [9.17, 15) is 0 Å². The van der Waals surface area contributed by atoms with Crippen molar-refractivity contribution >= 4 is 5.69 Å². The second-order valence-electron chi connectivity index (χ2n) is 3.93. The normalized spacial score (nSPS) is 17.7. The number of nitrogens with one attached hydrogen (secondary N) is 2. The van der Waals surface area contributed by atoms with Gasteiger partial charge in [-0.2, -0.15) is 0 Å². The fourth-order valence-electron chi connectivity index (χ4n) is 2.01. The number of hydrogen-bond donors (Lipinski definition) is 2. The van der Waals surface area contributed by atoms with E-state index >= 15 is 0 Å². The molecule has 0 aliphatic carbocycles. The molecule has 2 rings (SSSR count). The first kappa shape index (κ1) is 10.5. The minimum Gasteiger partial charge on any atom is -0.388 e. The van der Waals surface area contributed by atoms with Crippen LogP contribution in [0.15, 0.2) is 24.3 Å². The topological polar surface area (TPSA) is 27.3 Å². The first-order valence-electron chi connectivity index (χ1n) is 5.59. The first-order chi connectivity index (χ1) is 7.40. The van der Waals surface area contributed by atoms with Crippen LogP contribution in [0.5, 0.6) is 0 Å². The van der Waals surface area contributed by atoms with E-state index in [1.807, 2.05) is 7.05 Å². The van der Waals surface area contributed by atoms with E-state index in [-0.39, 0.29) is 0 Å². The third kappa shape index (κ3) is 2.70. The second-order valence-corrected chi connectivity index (χ2v) is 3.93. The van der Waals surface area contributed by atoms with Crippen LogP contribution in [0.1, 0.15) is 5.56 Å². The molecule has 0 spiro atoms. The highest BCUT2D eigenvalue weighted by molar-refractivity contribution is 5.50. The van der Waals surface area contributed by atoms with Gasteiger partial charge >= 0.3 is 0 Å². The summed E-state index contributed by atoms with van der Waals surface area (Å²) in [6, 6.07) is 8.52. The smallest absolute Gasteiger partial charge is 0.0383 e. The van der Waals surface area contributed by atoms with Gasteiger partial charge < -0.3 is 10.6 Å². The number of benzene rings is 1. The Morgan fingerprint density at radius 1 is 1.27 bits per heavy atom. The molecule has 1 saturated heterocycles. The van der Waals surface area contributed by atoms with Crippen LogP contribution in [-0.4, -0.2) is 38.1 Å². The number of hydrogen-bond acceptors (Lipinski definition) is 3. The molecule has 0 amide bonds. The Morgan fingerprint density at radius 3 is 2.73 bits per heavy atom. The summed E-state index contributed by atoms with van der Waals surface area (Å²) in [5, 5.41) is 6.61. The Bertz CT molecular complexity index is 305. The fraction of sp³-hybridized carbons (Fsp3) is 0.500. The van der Waals surface area contributed by atoms with Gasteiger partial charge in [-0.05, 0) is 11.6 Å². The minimum absolute atomic E-state index is 1.05. The van der Waals surface area contributed by atoms with Crippen LogP contribution < -0.4 is 10.6 Å². The highest BCUT2D eigenvalue weighted by Crippen LogP contribution is 2.16. The molecule has 1 aliphatic rings. The summed E-state index contributed by atoms with van der Waals surface area (Å²) in [5.41, 5.74) is 2.64. The Morgan fingerprint density at radius 2 is 2.00 bits per heavy atom. The molecule has 1 aromatic carbocycles. The maximum absolute atomic E-state index is 3.37. The molecular weight excluding hydrogens is 186 g/mol. The van der Waals surface area contributed by atoms with Crippen molar-refractivity contribution in [3.8, 4) is 0 Å². The van der Waals surface area contributed by atoms with Crippen LogP contribution in [0.4, 0.5) is 5.69 Å². The molecule has 0 aromatic heterocycles. The SMILES string of the molecule is CNc1ccccc1CN1CCNCC1. The summed E-state index contributed by atoms with van der Waals surface area (Å²) < 4.78 is 0. The standard InChI is InChI=1S/C12H19N3/c1-13-12-5-3-2-4-11(12)10-15-8-6-14-7-9-15/h2-5,13-14H,6-10H2,1H3. The van der Waals surface area contributed by atoms with Gasteiger partial charge in [0.05, 0.1) is 0 Å². The summed E-state index contributed by atoms with van der Waals surface area (Å²) >= 11 is 0. The van der Waals surface area contributed by atoms with E-state index in [2.05, 4.69) is 39.8 Å². The van der Waals surface area contributed by atoms with Crippen molar-refractivity contribution in [2.24, 2.45) is 0 Å². The van der Waals surface area contributed by atoms with Gasteiger partial charge in [-0.15, -0.1) is 0 Å². The van der Waals surface area contributed by atoms with Crippen molar-refractivity contribution in [2.75, 3.05) is 38.5 Å². The maximum Gasteiger partial charge on any atom is 0.0383 e. The number of anilines is 1. The van der Waals surface area contributed by atoms with Gasteiger partial charge in [-0.3, -0.25) is 4.90 Å².